The van der Waals surface area contributed by atoms with Gasteiger partial charge in [-0.15, -0.1) is 0 Å². The number of ether oxygens (including phenoxy) is 2. The van der Waals surface area contributed by atoms with E-state index in [0.717, 1.165) is 0 Å². The third-order valence-corrected chi connectivity index (χ3v) is 4.65. The van der Waals surface area contributed by atoms with Gasteiger partial charge in [-0.1, -0.05) is 12.1 Å². The molecule has 4 N–H and O–H groups in total. The second-order valence-corrected chi connectivity index (χ2v) is 10.6. The number of nitrogens with one attached hydrogen (secondary N) is 4. The van der Waals surface area contributed by atoms with Crippen molar-refractivity contribution in [1.82, 2.24) is 9.97 Å². The molecule has 0 fully saturated rings. The number of pyridine rings is 2. The van der Waals surface area contributed by atoms with Gasteiger partial charge in [-0.2, -0.15) is 0 Å². The van der Waals surface area contributed by atoms with Crippen molar-refractivity contribution in [2.75, 3.05) is 21.3 Å². The summed E-state index contributed by atoms with van der Waals surface area (Å²) >= 11 is 0. The highest BCUT2D eigenvalue weighted by Gasteiger charge is 2.18. The topological polar surface area (TPSA) is 161 Å². The molecule has 3 aromatic rings. The number of nitrogens with zero attached hydrogens (tertiary/aromatic N) is 2. The number of carbonyl (C=O) groups excluding carboxylic acids is 4. The van der Waals surface area contributed by atoms with Crippen LogP contribution in [0.15, 0.2) is 60.7 Å². The summed E-state index contributed by atoms with van der Waals surface area (Å²) in [6, 6.07) is 15.4. The Morgan fingerprint density at radius 1 is 0.525 bits per heavy atom. The van der Waals surface area contributed by atoms with Gasteiger partial charge < -0.3 is 20.1 Å². The van der Waals surface area contributed by atoms with E-state index in [1.807, 2.05) is 0 Å². The largest absolute Gasteiger partial charge is 0.444 e. The minimum Gasteiger partial charge on any atom is -0.444 e. The first-order valence-electron chi connectivity index (χ1n) is 12.3. The molecule has 12 heteroatoms. The second kappa shape index (κ2) is 12.2. The summed E-state index contributed by atoms with van der Waals surface area (Å²) in [5.41, 5.74) is -0.770. The van der Waals surface area contributed by atoms with Crippen LogP contribution in [0.5, 0.6) is 0 Å². The summed E-state index contributed by atoms with van der Waals surface area (Å²) in [6.45, 7) is 10.5. The monoisotopic (exact) mass is 548 g/mol. The van der Waals surface area contributed by atoms with Crippen LogP contribution in [0.4, 0.5) is 32.9 Å². The number of carbonyl (C=O) groups is 4. The summed E-state index contributed by atoms with van der Waals surface area (Å²) in [5.74, 6) is -0.0818. The van der Waals surface area contributed by atoms with Gasteiger partial charge in [-0.05, 0) is 90.1 Å². The Hall–Kier alpha value is -5.00. The van der Waals surface area contributed by atoms with Gasteiger partial charge in [0.15, 0.2) is 0 Å². The third kappa shape index (κ3) is 9.71. The number of amides is 4. The zero-order valence-corrected chi connectivity index (χ0v) is 23.1. The van der Waals surface area contributed by atoms with Crippen molar-refractivity contribution in [2.45, 2.75) is 52.7 Å². The summed E-state index contributed by atoms with van der Waals surface area (Å²) in [5, 5.41) is 10.3. The molecular formula is C28H32N6O6. The van der Waals surface area contributed by atoms with E-state index in [1.165, 1.54) is 24.3 Å². The van der Waals surface area contributed by atoms with Crippen molar-refractivity contribution in [3.8, 4) is 0 Å². The Bertz CT molecular complexity index is 1290. The van der Waals surface area contributed by atoms with Gasteiger partial charge in [-0.3, -0.25) is 20.2 Å². The zero-order valence-electron chi connectivity index (χ0n) is 23.1. The highest BCUT2D eigenvalue weighted by Crippen LogP contribution is 2.16. The van der Waals surface area contributed by atoms with Crippen molar-refractivity contribution in [3.05, 3.63) is 71.8 Å². The molecule has 210 valence electrons. The maximum Gasteiger partial charge on any atom is 0.413 e. The van der Waals surface area contributed by atoms with Crippen molar-refractivity contribution >= 4 is 47.3 Å². The van der Waals surface area contributed by atoms with Crippen LogP contribution in [0, 0.1) is 0 Å². The Balaban J connectivity index is 1.59. The maximum absolute atomic E-state index is 12.7. The van der Waals surface area contributed by atoms with Gasteiger partial charge >= 0.3 is 12.2 Å². The van der Waals surface area contributed by atoms with E-state index in [2.05, 4.69) is 31.2 Å². The molecule has 1 aromatic carbocycles. The maximum atomic E-state index is 12.7. The Kier molecular flexibility index (Phi) is 9.04. The average molecular weight is 549 g/mol. The summed E-state index contributed by atoms with van der Waals surface area (Å²) in [7, 11) is 0. The van der Waals surface area contributed by atoms with Crippen molar-refractivity contribution in [2.24, 2.45) is 0 Å². The highest BCUT2D eigenvalue weighted by atomic mass is 16.6. The number of rotatable bonds is 6. The number of aromatic nitrogens is 2. The Morgan fingerprint density at radius 3 is 1.12 bits per heavy atom. The minimum atomic E-state index is -0.668. The van der Waals surface area contributed by atoms with Gasteiger partial charge in [-0.25, -0.2) is 19.6 Å². The van der Waals surface area contributed by atoms with Crippen molar-refractivity contribution < 1.29 is 28.7 Å². The van der Waals surface area contributed by atoms with Crippen LogP contribution in [0.2, 0.25) is 0 Å². The molecule has 0 saturated carbocycles. The number of hydrogen-bond donors (Lipinski definition) is 4. The van der Waals surface area contributed by atoms with Crippen LogP contribution in [-0.2, 0) is 9.47 Å². The van der Waals surface area contributed by atoms with E-state index in [0.29, 0.717) is 0 Å². The van der Waals surface area contributed by atoms with Gasteiger partial charge in [0.25, 0.3) is 11.8 Å². The molecule has 2 heterocycles. The molecule has 0 saturated heterocycles. The lowest BCUT2D eigenvalue weighted by Crippen LogP contribution is -2.27. The van der Waals surface area contributed by atoms with Gasteiger partial charge in [0, 0.05) is 11.1 Å². The van der Waals surface area contributed by atoms with Crippen LogP contribution in [-0.4, -0.2) is 45.2 Å². The molecule has 0 aliphatic carbocycles. The predicted octanol–water partition coefficient (Wildman–Crippen LogP) is 5.68. The average Bonchev–Trinajstić information content (AvgIpc) is 2.82. The lowest BCUT2D eigenvalue weighted by atomic mass is 10.1. The first kappa shape index (κ1) is 29.6. The standard InChI is InChI=1S/C28H32N6O6/c1-27(2,3)39-25(37)33-21-11-7-9-19(29-21)31-23(35)17-13-15-18(16-14-17)24(36)32-20-10-8-12-22(30-20)34-26(38)40-28(4,5)6/h7-16H,1-6H3,(H2,29,31,33,35,37)(H2,30,32,34,36,38). The Morgan fingerprint density at radius 2 is 0.825 bits per heavy atom. The fraction of sp³-hybridized carbons (Fsp3) is 0.286. The van der Waals surface area contributed by atoms with Crippen LogP contribution in [0.3, 0.4) is 0 Å². The quantitative estimate of drug-likeness (QED) is 0.306. The molecule has 0 atom stereocenters. The molecule has 0 unspecified atom stereocenters. The lowest BCUT2D eigenvalue weighted by molar-refractivity contribution is 0.0624. The van der Waals surface area contributed by atoms with E-state index in [4.69, 9.17) is 9.47 Å². The molecule has 12 nitrogen and oxygen atoms in total. The van der Waals surface area contributed by atoms with E-state index >= 15 is 0 Å². The Labute approximate surface area is 231 Å². The van der Waals surface area contributed by atoms with Crippen LogP contribution in [0.1, 0.15) is 62.3 Å². The van der Waals surface area contributed by atoms with Crippen LogP contribution >= 0.6 is 0 Å². The summed E-state index contributed by atoms with van der Waals surface area (Å²) < 4.78 is 10.4. The molecule has 0 aliphatic rings. The normalized spacial score (nSPS) is 11.2. The fourth-order valence-electron chi connectivity index (χ4n) is 3.11. The first-order chi connectivity index (χ1) is 18.7. The number of benzene rings is 1. The molecule has 3 rings (SSSR count). The lowest BCUT2D eigenvalue weighted by Gasteiger charge is -2.19. The molecule has 0 bridgehead atoms. The van der Waals surface area contributed by atoms with E-state index < -0.39 is 35.2 Å². The van der Waals surface area contributed by atoms with Gasteiger partial charge in [0.2, 0.25) is 0 Å². The number of anilines is 4. The van der Waals surface area contributed by atoms with E-state index in [1.54, 1.807) is 77.9 Å². The summed E-state index contributed by atoms with van der Waals surface area (Å²) in [6.07, 6.45) is -1.34. The summed E-state index contributed by atoms with van der Waals surface area (Å²) in [4.78, 5) is 57.7. The van der Waals surface area contributed by atoms with Crippen LogP contribution in [0.25, 0.3) is 0 Å². The smallest absolute Gasteiger partial charge is 0.413 e. The van der Waals surface area contributed by atoms with Crippen LogP contribution < -0.4 is 21.3 Å². The van der Waals surface area contributed by atoms with E-state index in [-0.39, 0.29) is 34.4 Å². The van der Waals surface area contributed by atoms with Gasteiger partial charge in [0.05, 0.1) is 0 Å². The minimum absolute atomic E-state index is 0.207. The zero-order chi connectivity index (χ0) is 29.5. The SMILES string of the molecule is CC(C)(C)OC(=O)Nc1cccc(NC(=O)c2ccc(C(=O)Nc3cccc(NC(=O)OC(C)(C)C)n3)cc2)n1. The van der Waals surface area contributed by atoms with Crippen molar-refractivity contribution in [3.63, 3.8) is 0 Å². The highest BCUT2D eigenvalue weighted by molar-refractivity contribution is 6.07. The molecule has 0 radical (unpaired) electrons. The number of hydrogen-bond acceptors (Lipinski definition) is 8. The molecule has 4 amide bonds. The predicted molar refractivity (Wildman–Crippen MR) is 151 cm³/mol. The first-order valence-corrected chi connectivity index (χ1v) is 12.3. The molecular weight excluding hydrogens is 516 g/mol. The molecule has 40 heavy (non-hydrogen) atoms. The van der Waals surface area contributed by atoms with Crippen molar-refractivity contribution in [1.29, 1.82) is 0 Å². The van der Waals surface area contributed by atoms with E-state index in [9.17, 15) is 19.2 Å². The third-order valence-electron chi connectivity index (χ3n) is 4.65. The molecule has 0 aliphatic heterocycles. The second-order valence-electron chi connectivity index (χ2n) is 10.6. The fourth-order valence-corrected chi connectivity index (χ4v) is 3.11. The molecule has 0 spiro atoms. The molecule has 2 aromatic heterocycles. The van der Waals surface area contributed by atoms with Gasteiger partial charge in [0.1, 0.15) is 34.5 Å².